The quantitative estimate of drug-likeness (QED) is 0.524. The highest BCUT2D eigenvalue weighted by molar-refractivity contribution is 7.99. The van der Waals surface area contributed by atoms with E-state index in [0.29, 0.717) is 26.6 Å². The predicted octanol–water partition coefficient (Wildman–Crippen LogP) is 4.68. The first-order chi connectivity index (χ1) is 13.4. The van der Waals surface area contributed by atoms with Crippen molar-refractivity contribution in [3.8, 4) is 11.4 Å². The van der Waals surface area contributed by atoms with Gasteiger partial charge in [0.1, 0.15) is 5.82 Å². The maximum Gasteiger partial charge on any atom is 0.233 e. The summed E-state index contributed by atoms with van der Waals surface area (Å²) in [6.07, 6.45) is 0. The van der Waals surface area contributed by atoms with E-state index >= 15 is 0 Å². The van der Waals surface area contributed by atoms with Crippen molar-refractivity contribution in [2.24, 2.45) is 7.05 Å². The van der Waals surface area contributed by atoms with E-state index in [2.05, 4.69) is 10.2 Å². The number of carbonyl (C=O) groups excluding carboxylic acids is 1. The molecule has 0 saturated heterocycles. The highest BCUT2D eigenvalue weighted by Crippen LogP contribution is 2.25. The number of hydrogen-bond donors (Lipinski definition) is 0. The molecule has 0 saturated carbocycles. The van der Waals surface area contributed by atoms with E-state index in [9.17, 15) is 9.18 Å². The standard InChI is InChI=1S/C19H17Cl2FN4OS/c1-25(10-14-15(21)4-3-5-16(14)22)17(27)11-28-19-24-23-18(26(19)2)12-6-8-13(20)9-7-12/h3-9H,10-11H2,1-2H3. The Morgan fingerprint density at radius 3 is 2.57 bits per heavy atom. The van der Waals surface area contributed by atoms with Crippen LogP contribution in [0.3, 0.4) is 0 Å². The summed E-state index contributed by atoms with van der Waals surface area (Å²) in [5.41, 5.74) is 1.18. The molecule has 0 N–H and O–H groups in total. The minimum Gasteiger partial charge on any atom is -0.341 e. The lowest BCUT2D eigenvalue weighted by molar-refractivity contribution is -0.127. The number of thioether (sulfide) groups is 1. The SMILES string of the molecule is CN(Cc1c(F)cccc1Cl)C(=O)CSc1nnc(-c2ccc(Cl)cc2)n1C. The average Bonchev–Trinajstić information content (AvgIpc) is 3.04. The van der Waals surface area contributed by atoms with Crippen LogP contribution in [0.15, 0.2) is 47.6 Å². The summed E-state index contributed by atoms with van der Waals surface area (Å²) in [5.74, 6) is 0.231. The maximum atomic E-state index is 13.9. The Kier molecular flexibility index (Phi) is 6.59. The van der Waals surface area contributed by atoms with Crippen LogP contribution >= 0.6 is 35.0 Å². The molecular weight excluding hydrogens is 422 g/mol. The van der Waals surface area contributed by atoms with Gasteiger partial charge in [0.2, 0.25) is 5.91 Å². The number of carbonyl (C=O) groups is 1. The Labute approximate surface area is 176 Å². The molecule has 0 atom stereocenters. The zero-order valence-corrected chi connectivity index (χ0v) is 17.5. The van der Waals surface area contributed by atoms with Gasteiger partial charge >= 0.3 is 0 Å². The van der Waals surface area contributed by atoms with Gasteiger partial charge in [0, 0.05) is 41.8 Å². The van der Waals surface area contributed by atoms with Crippen LogP contribution in [-0.4, -0.2) is 38.4 Å². The molecule has 3 aromatic rings. The molecular formula is C19H17Cl2FN4OS. The maximum absolute atomic E-state index is 13.9. The first-order valence-electron chi connectivity index (χ1n) is 8.32. The van der Waals surface area contributed by atoms with Crippen molar-refractivity contribution in [2.45, 2.75) is 11.7 Å². The topological polar surface area (TPSA) is 51.0 Å². The lowest BCUT2D eigenvalue weighted by Crippen LogP contribution is -2.28. The minimum atomic E-state index is -0.430. The largest absolute Gasteiger partial charge is 0.341 e. The van der Waals surface area contributed by atoms with E-state index in [1.54, 1.807) is 25.2 Å². The van der Waals surface area contributed by atoms with Crippen molar-refractivity contribution in [1.29, 1.82) is 0 Å². The minimum absolute atomic E-state index is 0.0970. The molecule has 0 unspecified atom stereocenters. The molecule has 28 heavy (non-hydrogen) atoms. The van der Waals surface area contributed by atoms with Crippen molar-refractivity contribution in [2.75, 3.05) is 12.8 Å². The van der Waals surface area contributed by atoms with Gasteiger partial charge < -0.3 is 9.47 Å². The van der Waals surface area contributed by atoms with Crippen molar-refractivity contribution in [3.05, 3.63) is 63.9 Å². The molecule has 0 spiro atoms. The van der Waals surface area contributed by atoms with Crippen LogP contribution in [0.25, 0.3) is 11.4 Å². The van der Waals surface area contributed by atoms with E-state index < -0.39 is 5.82 Å². The summed E-state index contributed by atoms with van der Waals surface area (Å²) in [4.78, 5) is 13.9. The molecule has 0 fully saturated rings. The smallest absolute Gasteiger partial charge is 0.233 e. The lowest BCUT2D eigenvalue weighted by atomic mass is 10.2. The first kappa shape index (κ1) is 20.6. The molecule has 0 bridgehead atoms. The Morgan fingerprint density at radius 1 is 1.18 bits per heavy atom. The Bertz CT molecular complexity index is 974. The van der Waals surface area contributed by atoms with Crippen LogP contribution < -0.4 is 0 Å². The van der Waals surface area contributed by atoms with Crippen LogP contribution in [0.1, 0.15) is 5.56 Å². The van der Waals surface area contributed by atoms with Crippen molar-refractivity contribution in [3.63, 3.8) is 0 Å². The normalized spacial score (nSPS) is 10.9. The van der Waals surface area contributed by atoms with Crippen molar-refractivity contribution >= 4 is 40.9 Å². The fraction of sp³-hybridized carbons (Fsp3) is 0.211. The Morgan fingerprint density at radius 2 is 1.89 bits per heavy atom. The summed E-state index contributed by atoms with van der Waals surface area (Å²) in [5, 5.41) is 9.88. The number of benzene rings is 2. The van der Waals surface area contributed by atoms with E-state index in [1.807, 2.05) is 23.7 Å². The van der Waals surface area contributed by atoms with Gasteiger partial charge in [-0.3, -0.25) is 4.79 Å². The van der Waals surface area contributed by atoms with Crippen molar-refractivity contribution in [1.82, 2.24) is 19.7 Å². The van der Waals surface area contributed by atoms with Gasteiger partial charge in [0.05, 0.1) is 5.75 Å². The molecule has 2 aromatic carbocycles. The van der Waals surface area contributed by atoms with Crippen LogP contribution in [-0.2, 0) is 18.4 Å². The van der Waals surface area contributed by atoms with E-state index in [0.717, 1.165) is 5.56 Å². The summed E-state index contributed by atoms with van der Waals surface area (Å²) in [7, 11) is 3.45. The van der Waals surface area contributed by atoms with Gasteiger partial charge in [-0.2, -0.15) is 0 Å². The molecule has 0 aliphatic heterocycles. The third kappa shape index (κ3) is 4.66. The number of aromatic nitrogens is 3. The van der Waals surface area contributed by atoms with Gasteiger partial charge in [-0.25, -0.2) is 4.39 Å². The van der Waals surface area contributed by atoms with Crippen molar-refractivity contribution < 1.29 is 9.18 Å². The summed E-state index contributed by atoms with van der Waals surface area (Å²) in [6.45, 7) is 0.0970. The third-order valence-electron chi connectivity index (χ3n) is 4.14. The number of hydrogen-bond acceptors (Lipinski definition) is 4. The number of amides is 1. The molecule has 146 valence electrons. The third-order valence-corrected chi connectivity index (χ3v) is 5.76. The fourth-order valence-electron chi connectivity index (χ4n) is 2.54. The predicted molar refractivity (Wildman–Crippen MR) is 110 cm³/mol. The molecule has 5 nitrogen and oxygen atoms in total. The highest BCUT2D eigenvalue weighted by Gasteiger charge is 2.17. The molecule has 3 rings (SSSR count). The molecule has 1 heterocycles. The summed E-state index contributed by atoms with van der Waals surface area (Å²) < 4.78 is 15.7. The van der Waals surface area contributed by atoms with Crippen LogP contribution in [0.5, 0.6) is 0 Å². The van der Waals surface area contributed by atoms with Gasteiger partial charge in [0.15, 0.2) is 11.0 Å². The number of rotatable bonds is 6. The van der Waals surface area contributed by atoms with E-state index in [4.69, 9.17) is 23.2 Å². The fourth-order valence-corrected chi connectivity index (χ4v) is 3.74. The molecule has 0 aliphatic rings. The second-order valence-corrected chi connectivity index (χ2v) is 7.90. The van der Waals surface area contributed by atoms with Gasteiger partial charge in [-0.15, -0.1) is 10.2 Å². The molecule has 1 amide bonds. The zero-order valence-electron chi connectivity index (χ0n) is 15.2. The molecule has 0 aliphatic carbocycles. The van der Waals surface area contributed by atoms with E-state index in [-0.39, 0.29) is 18.2 Å². The van der Waals surface area contributed by atoms with Crippen LogP contribution in [0.4, 0.5) is 4.39 Å². The molecule has 1 aromatic heterocycles. The van der Waals surface area contributed by atoms with Gasteiger partial charge in [-0.05, 0) is 36.4 Å². The number of halogens is 3. The van der Waals surface area contributed by atoms with Gasteiger partial charge in [0.25, 0.3) is 0 Å². The lowest BCUT2D eigenvalue weighted by Gasteiger charge is -2.18. The second-order valence-electron chi connectivity index (χ2n) is 6.11. The monoisotopic (exact) mass is 438 g/mol. The Balaban J connectivity index is 1.64. The highest BCUT2D eigenvalue weighted by atomic mass is 35.5. The zero-order chi connectivity index (χ0) is 20.3. The average molecular weight is 439 g/mol. The summed E-state index contributed by atoms with van der Waals surface area (Å²) >= 11 is 13.2. The Hall–Kier alpha value is -2.09. The van der Waals surface area contributed by atoms with Crippen LogP contribution in [0.2, 0.25) is 10.0 Å². The molecule has 9 heteroatoms. The molecule has 0 radical (unpaired) electrons. The second kappa shape index (κ2) is 8.94. The van der Waals surface area contributed by atoms with Gasteiger partial charge in [-0.1, -0.05) is 41.0 Å². The van der Waals surface area contributed by atoms with Crippen LogP contribution in [0, 0.1) is 5.82 Å². The summed E-state index contributed by atoms with van der Waals surface area (Å²) in [6, 6.07) is 11.7. The van der Waals surface area contributed by atoms with E-state index in [1.165, 1.54) is 28.8 Å². The first-order valence-corrected chi connectivity index (χ1v) is 10.1. The number of nitrogens with zero attached hydrogens (tertiary/aromatic N) is 4.